The van der Waals surface area contributed by atoms with Gasteiger partial charge in [-0.25, -0.2) is 24.9 Å². The van der Waals surface area contributed by atoms with Crippen LogP contribution in [0.2, 0.25) is 0 Å². The van der Waals surface area contributed by atoms with Crippen LogP contribution in [0.25, 0.3) is 79.2 Å². The molecular formula is C67H43N7S2. The van der Waals surface area contributed by atoms with Gasteiger partial charge in [0, 0.05) is 64.3 Å². The summed E-state index contributed by atoms with van der Waals surface area (Å²) in [5.74, 6) is 2.34. The Balaban J connectivity index is 1.06. The smallest absolute Gasteiger partial charge is 0.164 e. The molecule has 2 aliphatic rings. The SMILES string of the molecule is c1ccc(-c2cc(-c3cc(-c4cc(N5c6ccccc6Sc6ccccc65)cc(N5c6ccccc6Sc6ccccc65)c4)cc(-c4nc(-c5ccccc5)nc(-c5ccccc5)n4)c3)nc(-c3ccccc3)n2)cc1. The highest BCUT2D eigenvalue weighted by molar-refractivity contribution is 8.00. The van der Waals surface area contributed by atoms with Crippen LogP contribution in [0.15, 0.2) is 280 Å². The van der Waals surface area contributed by atoms with E-state index in [1.165, 1.54) is 19.6 Å². The highest BCUT2D eigenvalue weighted by Crippen LogP contribution is 2.55. The molecule has 0 fully saturated rings. The maximum atomic E-state index is 5.40. The van der Waals surface area contributed by atoms with Crippen molar-refractivity contribution in [3.05, 3.63) is 261 Å². The molecule has 7 nitrogen and oxygen atoms in total. The van der Waals surface area contributed by atoms with E-state index in [0.29, 0.717) is 23.3 Å². The van der Waals surface area contributed by atoms with Crippen LogP contribution in [0.4, 0.5) is 34.1 Å². The fourth-order valence-corrected chi connectivity index (χ4v) is 12.2. The number of para-hydroxylation sites is 4. The van der Waals surface area contributed by atoms with E-state index >= 15 is 0 Å². The van der Waals surface area contributed by atoms with Crippen molar-refractivity contribution < 1.29 is 0 Å². The van der Waals surface area contributed by atoms with Gasteiger partial charge in [-0.1, -0.05) is 193 Å². The first-order valence-corrected chi connectivity index (χ1v) is 26.8. The van der Waals surface area contributed by atoms with Gasteiger partial charge >= 0.3 is 0 Å². The monoisotopic (exact) mass is 1010 g/mol. The largest absolute Gasteiger partial charge is 0.308 e. The molecule has 4 heterocycles. The molecule has 358 valence electrons. The second kappa shape index (κ2) is 19.5. The van der Waals surface area contributed by atoms with Gasteiger partial charge in [-0.15, -0.1) is 0 Å². The minimum Gasteiger partial charge on any atom is -0.308 e. The van der Waals surface area contributed by atoms with Crippen molar-refractivity contribution in [2.75, 3.05) is 9.80 Å². The molecule has 14 rings (SSSR count). The van der Waals surface area contributed by atoms with Gasteiger partial charge in [0.1, 0.15) is 0 Å². The van der Waals surface area contributed by atoms with Gasteiger partial charge in [0.2, 0.25) is 0 Å². The van der Waals surface area contributed by atoms with Crippen molar-refractivity contribution in [3.63, 3.8) is 0 Å². The van der Waals surface area contributed by atoms with Crippen molar-refractivity contribution in [1.82, 2.24) is 24.9 Å². The van der Waals surface area contributed by atoms with Crippen LogP contribution < -0.4 is 9.80 Å². The Morgan fingerprint density at radius 3 is 0.947 bits per heavy atom. The molecule has 0 saturated carbocycles. The van der Waals surface area contributed by atoms with Crippen LogP contribution >= 0.6 is 23.5 Å². The van der Waals surface area contributed by atoms with E-state index in [0.717, 1.165) is 90.0 Å². The Morgan fingerprint density at radius 2 is 0.526 bits per heavy atom. The first kappa shape index (κ1) is 45.2. The minimum absolute atomic E-state index is 0.541. The van der Waals surface area contributed by atoms with Crippen LogP contribution in [0.1, 0.15) is 0 Å². The molecule has 0 spiro atoms. The standard InChI is InChI=1S/C67H43N7S2/c1-5-21-44(22-6-1)54-43-55(69-64(68-54)45-23-7-2-8-24-45)50-37-48(38-51(39-50)67-71-65(46-25-9-3-10-26-46)70-66(72-67)47-27-11-4-12-28-47)49-40-52(73-56-29-13-17-33-60(56)75-61-34-18-14-30-57(61)73)42-53(41-49)74-58-31-15-19-35-62(58)76-63-36-20-16-32-59(63)74/h1-43H. The number of benzene rings is 10. The van der Waals surface area contributed by atoms with E-state index < -0.39 is 0 Å². The summed E-state index contributed by atoms with van der Waals surface area (Å²) in [7, 11) is 0. The Morgan fingerprint density at radius 1 is 0.224 bits per heavy atom. The number of hydrogen-bond donors (Lipinski definition) is 0. The summed E-state index contributed by atoms with van der Waals surface area (Å²) < 4.78 is 0. The van der Waals surface area contributed by atoms with Gasteiger partial charge in [-0.3, -0.25) is 0 Å². The second-order valence-electron chi connectivity index (χ2n) is 18.5. The number of aromatic nitrogens is 5. The summed E-state index contributed by atoms with van der Waals surface area (Å²) >= 11 is 3.61. The molecule has 0 saturated heterocycles. The van der Waals surface area contributed by atoms with Crippen molar-refractivity contribution in [1.29, 1.82) is 0 Å². The number of rotatable bonds is 9. The van der Waals surface area contributed by atoms with E-state index in [9.17, 15) is 0 Å². The number of anilines is 6. The molecule has 2 aromatic heterocycles. The van der Waals surface area contributed by atoms with Gasteiger partial charge < -0.3 is 9.80 Å². The van der Waals surface area contributed by atoms with Crippen LogP contribution in [-0.4, -0.2) is 24.9 Å². The molecule has 0 bridgehead atoms. The van der Waals surface area contributed by atoms with E-state index in [2.05, 4.69) is 174 Å². The molecule has 10 aromatic carbocycles. The number of fused-ring (bicyclic) bond motifs is 4. The summed E-state index contributed by atoms with van der Waals surface area (Å²) in [6, 6.07) is 91.4. The molecule has 0 amide bonds. The Kier molecular flexibility index (Phi) is 11.6. The third kappa shape index (κ3) is 8.57. The zero-order valence-electron chi connectivity index (χ0n) is 40.8. The van der Waals surface area contributed by atoms with E-state index in [1.54, 1.807) is 23.5 Å². The van der Waals surface area contributed by atoms with Crippen molar-refractivity contribution >= 4 is 57.6 Å². The predicted molar refractivity (Wildman–Crippen MR) is 311 cm³/mol. The summed E-state index contributed by atoms with van der Waals surface area (Å²) in [5, 5.41) is 0. The third-order valence-corrected chi connectivity index (χ3v) is 15.9. The second-order valence-corrected chi connectivity index (χ2v) is 20.7. The fourth-order valence-electron chi connectivity index (χ4n) is 10.1. The first-order chi connectivity index (χ1) is 37.6. The lowest BCUT2D eigenvalue weighted by Crippen LogP contribution is -2.17. The fraction of sp³-hybridized carbons (Fsp3) is 0. The van der Waals surface area contributed by atoms with Crippen LogP contribution in [0.3, 0.4) is 0 Å². The molecule has 0 N–H and O–H groups in total. The maximum absolute atomic E-state index is 5.40. The maximum Gasteiger partial charge on any atom is 0.164 e. The number of nitrogens with zero attached hydrogens (tertiary/aromatic N) is 7. The minimum atomic E-state index is 0.541. The van der Waals surface area contributed by atoms with Crippen molar-refractivity contribution in [3.8, 4) is 79.2 Å². The molecule has 0 atom stereocenters. The number of hydrogen-bond acceptors (Lipinski definition) is 9. The lowest BCUT2D eigenvalue weighted by molar-refractivity contribution is 1.07. The van der Waals surface area contributed by atoms with Crippen molar-refractivity contribution in [2.45, 2.75) is 19.6 Å². The van der Waals surface area contributed by atoms with Crippen LogP contribution in [0.5, 0.6) is 0 Å². The van der Waals surface area contributed by atoms with Crippen LogP contribution in [-0.2, 0) is 0 Å². The van der Waals surface area contributed by atoms with Crippen LogP contribution in [0, 0.1) is 0 Å². The van der Waals surface area contributed by atoms with Gasteiger partial charge in [0.15, 0.2) is 23.3 Å². The molecule has 2 aliphatic heterocycles. The zero-order valence-corrected chi connectivity index (χ0v) is 42.4. The molecule has 9 heteroatoms. The van der Waals surface area contributed by atoms with Gasteiger partial charge in [-0.05, 0) is 102 Å². The van der Waals surface area contributed by atoms with E-state index in [4.69, 9.17) is 24.9 Å². The molecule has 0 aliphatic carbocycles. The summed E-state index contributed by atoms with van der Waals surface area (Å²) in [6.45, 7) is 0. The zero-order chi connectivity index (χ0) is 50.4. The Bertz CT molecular complexity index is 3670. The lowest BCUT2D eigenvalue weighted by Gasteiger charge is -2.36. The summed E-state index contributed by atoms with van der Waals surface area (Å²) in [6.07, 6.45) is 0. The van der Waals surface area contributed by atoms with E-state index in [-0.39, 0.29) is 0 Å². The summed E-state index contributed by atoms with van der Waals surface area (Å²) in [4.78, 5) is 35.9. The average molecular weight is 1010 g/mol. The molecule has 12 aromatic rings. The molecule has 76 heavy (non-hydrogen) atoms. The van der Waals surface area contributed by atoms with Gasteiger partial charge in [0.05, 0.1) is 34.1 Å². The Hall–Kier alpha value is -9.41. The Labute approximate surface area is 449 Å². The molecule has 0 radical (unpaired) electrons. The normalized spacial score (nSPS) is 12.3. The third-order valence-electron chi connectivity index (χ3n) is 13.6. The topological polar surface area (TPSA) is 70.9 Å². The lowest BCUT2D eigenvalue weighted by atomic mass is 9.95. The first-order valence-electron chi connectivity index (χ1n) is 25.1. The average Bonchev–Trinajstić information content (AvgIpc) is 3.56. The predicted octanol–water partition coefficient (Wildman–Crippen LogP) is 18.2. The van der Waals surface area contributed by atoms with Crippen molar-refractivity contribution in [2.24, 2.45) is 0 Å². The molecular weight excluding hydrogens is 967 g/mol. The van der Waals surface area contributed by atoms with Gasteiger partial charge in [-0.2, -0.15) is 0 Å². The molecule has 0 unspecified atom stereocenters. The highest BCUT2D eigenvalue weighted by Gasteiger charge is 2.29. The van der Waals surface area contributed by atoms with Gasteiger partial charge in [0.25, 0.3) is 0 Å². The van der Waals surface area contributed by atoms with E-state index in [1.807, 2.05) is 97.1 Å². The quantitative estimate of drug-likeness (QED) is 0.141. The highest BCUT2D eigenvalue weighted by atomic mass is 32.2. The summed E-state index contributed by atoms with van der Waals surface area (Å²) in [5.41, 5.74) is 15.5.